The van der Waals surface area contributed by atoms with Gasteiger partial charge in [0.25, 0.3) is 0 Å². The second-order valence-corrected chi connectivity index (χ2v) is 13.3. The van der Waals surface area contributed by atoms with Gasteiger partial charge in [0.05, 0.1) is 22.7 Å². The number of hydrogen-bond donors (Lipinski definition) is 1. The molecule has 3 aromatic rings. The van der Waals surface area contributed by atoms with Crippen LogP contribution in [-0.2, 0) is 0 Å². The molecule has 3 atom stereocenters. The first kappa shape index (κ1) is 25.7. The van der Waals surface area contributed by atoms with Gasteiger partial charge in [-0.25, -0.2) is 0 Å². The third-order valence-corrected chi connectivity index (χ3v) is 11.3. The van der Waals surface area contributed by atoms with Crippen molar-refractivity contribution in [1.82, 2.24) is 0 Å². The normalized spacial score (nSPS) is 26.2. The fourth-order valence-electron chi connectivity index (χ4n) is 9.65. The Labute approximate surface area is 264 Å². The largest absolute Gasteiger partial charge is 0.456 e. The summed E-state index contributed by atoms with van der Waals surface area (Å²) in [5.41, 5.74) is 14.0. The second-order valence-electron chi connectivity index (χ2n) is 13.3. The summed E-state index contributed by atoms with van der Waals surface area (Å²) in [5.74, 6) is 1.63. The van der Waals surface area contributed by atoms with Gasteiger partial charge < -0.3 is 14.7 Å². The van der Waals surface area contributed by atoms with Gasteiger partial charge in [-0.3, -0.25) is 0 Å². The molecule has 1 N–H and O–H groups in total. The Morgan fingerprint density at radius 2 is 1.42 bits per heavy atom. The molecule has 3 aromatic carbocycles. The smallest absolute Gasteiger partial charge is 0.135 e. The van der Waals surface area contributed by atoms with E-state index >= 15 is 0 Å². The number of benzene rings is 3. The van der Waals surface area contributed by atoms with Crippen LogP contribution in [0, 0.1) is 11.3 Å². The number of hydrogen-bond acceptors (Lipinski definition) is 3. The molecule has 1 spiro atoms. The molecule has 3 nitrogen and oxygen atoms in total. The van der Waals surface area contributed by atoms with Crippen LogP contribution in [-0.4, -0.2) is 5.11 Å². The van der Waals surface area contributed by atoms with Crippen molar-refractivity contribution in [3.63, 3.8) is 0 Å². The minimum absolute atomic E-state index is 0.0369. The average molecular weight is 586 g/mol. The molecule has 220 valence electrons. The van der Waals surface area contributed by atoms with Crippen LogP contribution in [0.15, 0.2) is 143 Å². The number of aliphatic hydroxyl groups excluding tert-OH is 1. The monoisotopic (exact) mass is 585 g/mol. The van der Waals surface area contributed by atoms with Gasteiger partial charge >= 0.3 is 0 Å². The van der Waals surface area contributed by atoms with E-state index in [2.05, 4.69) is 89.9 Å². The molecule has 3 heteroatoms. The summed E-state index contributed by atoms with van der Waals surface area (Å²) in [4.78, 5) is 2.58. The third-order valence-electron chi connectivity index (χ3n) is 11.3. The number of nitrogens with zero attached hydrogens (tertiary/aromatic N) is 1. The van der Waals surface area contributed by atoms with Gasteiger partial charge in [0.15, 0.2) is 0 Å². The SMILES string of the molecule is OC1c2ccccc2Oc2cccc(N3C4=CCCC=C4C4(C5=C(CCC=C5)C5=C4C=CCC5)C4C=Cc5ccccc5C43)c21. The van der Waals surface area contributed by atoms with Crippen LogP contribution in [0.25, 0.3) is 6.08 Å². The van der Waals surface area contributed by atoms with Crippen LogP contribution in [0.1, 0.15) is 72.9 Å². The molecule has 10 rings (SSSR count). The van der Waals surface area contributed by atoms with E-state index in [1.54, 1.807) is 11.1 Å². The minimum Gasteiger partial charge on any atom is -0.456 e. The van der Waals surface area contributed by atoms with Crippen LogP contribution in [0.5, 0.6) is 11.5 Å². The van der Waals surface area contributed by atoms with Crippen LogP contribution < -0.4 is 9.64 Å². The molecule has 5 aliphatic carbocycles. The van der Waals surface area contributed by atoms with E-state index < -0.39 is 6.10 Å². The molecule has 45 heavy (non-hydrogen) atoms. The van der Waals surface area contributed by atoms with Crippen molar-refractivity contribution in [2.24, 2.45) is 11.3 Å². The number of para-hydroxylation sites is 1. The van der Waals surface area contributed by atoms with Crippen molar-refractivity contribution < 1.29 is 9.84 Å². The third kappa shape index (κ3) is 3.29. The summed E-state index contributed by atoms with van der Waals surface area (Å²) in [7, 11) is 0. The maximum Gasteiger partial charge on any atom is 0.135 e. The fourth-order valence-corrected chi connectivity index (χ4v) is 9.65. The molecule has 0 radical (unpaired) electrons. The Hall–Kier alpha value is -4.60. The van der Waals surface area contributed by atoms with E-state index in [4.69, 9.17) is 4.74 Å². The van der Waals surface area contributed by atoms with Crippen molar-refractivity contribution >= 4 is 11.8 Å². The summed E-state index contributed by atoms with van der Waals surface area (Å²) >= 11 is 0. The lowest BCUT2D eigenvalue weighted by atomic mass is 9.53. The molecule has 7 aliphatic rings. The highest BCUT2D eigenvalue weighted by Crippen LogP contribution is 2.70. The Morgan fingerprint density at radius 1 is 0.711 bits per heavy atom. The lowest BCUT2D eigenvalue weighted by molar-refractivity contribution is 0.202. The highest BCUT2D eigenvalue weighted by atomic mass is 16.5. The Bertz CT molecular complexity index is 1990. The van der Waals surface area contributed by atoms with Gasteiger partial charge in [0.2, 0.25) is 0 Å². The van der Waals surface area contributed by atoms with Crippen molar-refractivity contribution in [3.8, 4) is 11.5 Å². The first-order valence-corrected chi connectivity index (χ1v) is 16.6. The van der Waals surface area contributed by atoms with Gasteiger partial charge in [-0.15, -0.1) is 0 Å². The van der Waals surface area contributed by atoms with Gasteiger partial charge in [0, 0.05) is 17.2 Å². The average Bonchev–Trinajstić information content (AvgIpc) is 3.39. The summed E-state index contributed by atoms with van der Waals surface area (Å²) in [6, 6.07) is 23.2. The van der Waals surface area contributed by atoms with E-state index in [0.29, 0.717) is 0 Å². The van der Waals surface area contributed by atoms with Crippen molar-refractivity contribution in [2.75, 3.05) is 4.90 Å². The van der Waals surface area contributed by atoms with Crippen molar-refractivity contribution in [2.45, 2.75) is 50.7 Å². The fraction of sp³-hybridized carbons (Fsp3) is 0.238. The Balaban J connectivity index is 1.27. The summed E-state index contributed by atoms with van der Waals surface area (Å²) < 4.78 is 6.49. The van der Waals surface area contributed by atoms with E-state index in [1.807, 2.05) is 30.3 Å². The molecule has 2 aliphatic heterocycles. The first-order chi connectivity index (χ1) is 22.3. The predicted octanol–water partition coefficient (Wildman–Crippen LogP) is 9.98. The number of allylic oxidation sites excluding steroid dienone is 11. The van der Waals surface area contributed by atoms with Crippen molar-refractivity contribution in [1.29, 1.82) is 0 Å². The van der Waals surface area contributed by atoms with Gasteiger partial charge in [-0.05, 0) is 95.7 Å². The van der Waals surface area contributed by atoms with Gasteiger partial charge in [-0.1, -0.05) is 97.1 Å². The standard InChI is InChI=1S/C42H35NO2/c44-41-30-16-5-10-22-37(30)45-38-23-11-21-36(39(38)41)43-35-20-9-8-19-33(35)42(34-25-24-26-12-1-2-13-27(26)40(34)43)31-17-6-3-14-28(31)29-15-4-7-18-32(29)42/h1-2,5-7,10-13,16-25,34,40-41,44H,3-4,8-9,14-15H2. The Morgan fingerprint density at radius 3 is 2.24 bits per heavy atom. The zero-order chi connectivity index (χ0) is 29.7. The lowest BCUT2D eigenvalue weighted by Crippen LogP contribution is -2.52. The first-order valence-electron chi connectivity index (χ1n) is 16.6. The molecule has 0 amide bonds. The zero-order valence-electron chi connectivity index (χ0n) is 25.2. The van der Waals surface area contributed by atoms with E-state index in [9.17, 15) is 5.11 Å². The van der Waals surface area contributed by atoms with Crippen molar-refractivity contribution in [3.05, 3.63) is 165 Å². The topological polar surface area (TPSA) is 32.7 Å². The molecule has 2 heterocycles. The molecular weight excluding hydrogens is 550 g/mol. The van der Waals surface area contributed by atoms with E-state index in [-0.39, 0.29) is 17.4 Å². The number of aliphatic hydroxyl groups is 1. The second kappa shape index (κ2) is 9.45. The van der Waals surface area contributed by atoms with Gasteiger partial charge in [0.1, 0.15) is 17.6 Å². The molecular formula is C42H35NO2. The maximum absolute atomic E-state index is 12.0. The molecule has 0 aromatic heterocycles. The van der Waals surface area contributed by atoms with E-state index in [1.165, 1.54) is 33.5 Å². The molecule has 1 saturated heterocycles. The highest BCUT2D eigenvalue weighted by Gasteiger charge is 2.60. The number of piperidine rings is 1. The molecule has 0 saturated carbocycles. The molecule has 1 fully saturated rings. The van der Waals surface area contributed by atoms with Crippen LogP contribution >= 0.6 is 0 Å². The Kier molecular flexibility index (Phi) is 5.40. The lowest BCUT2D eigenvalue weighted by Gasteiger charge is -2.58. The summed E-state index contributed by atoms with van der Waals surface area (Å²) in [6.07, 6.45) is 25.5. The minimum atomic E-state index is -0.779. The zero-order valence-corrected chi connectivity index (χ0v) is 25.2. The van der Waals surface area contributed by atoms with Crippen LogP contribution in [0.4, 0.5) is 5.69 Å². The number of rotatable bonds is 1. The number of fused-ring (bicyclic) bond motifs is 11. The summed E-state index contributed by atoms with van der Waals surface area (Å²) in [6.45, 7) is 0. The number of anilines is 1. The maximum atomic E-state index is 12.0. The molecule has 0 bridgehead atoms. The highest BCUT2D eigenvalue weighted by molar-refractivity contribution is 5.80. The summed E-state index contributed by atoms with van der Waals surface area (Å²) in [5, 5.41) is 12.0. The number of ether oxygens (including phenoxy) is 1. The van der Waals surface area contributed by atoms with E-state index in [0.717, 1.165) is 66.8 Å². The quantitative estimate of drug-likeness (QED) is 0.308. The predicted molar refractivity (Wildman–Crippen MR) is 180 cm³/mol. The molecule has 3 unspecified atom stereocenters. The van der Waals surface area contributed by atoms with Crippen LogP contribution in [0.2, 0.25) is 0 Å². The van der Waals surface area contributed by atoms with Crippen LogP contribution in [0.3, 0.4) is 0 Å². The van der Waals surface area contributed by atoms with Gasteiger partial charge in [-0.2, -0.15) is 0 Å².